The minimum atomic E-state index is -4.63. The molecule has 0 fully saturated rings. The maximum Gasteiger partial charge on any atom is 0.416 e. The fourth-order valence-electron chi connectivity index (χ4n) is 1.47. The first-order valence-electron chi connectivity index (χ1n) is 4.85. The second kappa shape index (κ2) is 4.65. The lowest BCUT2D eigenvalue weighted by molar-refractivity contribution is -0.384. The Kier molecular flexibility index (Phi) is 3.31. The molecule has 0 saturated carbocycles. The Hall–Kier alpha value is -1.90. The molecule has 0 aliphatic heterocycles. The number of nitro benzene ring substituents is 1. The number of hydrogen-bond acceptors (Lipinski definition) is 3. The number of benzene rings is 1. The quantitative estimate of drug-likeness (QED) is 0.622. The van der Waals surface area contributed by atoms with Crippen molar-refractivity contribution in [3.63, 3.8) is 0 Å². The first-order chi connectivity index (χ1) is 8.79. The van der Waals surface area contributed by atoms with Crippen LogP contribution in [0.4, 0.5) is 18.9 Å². The summed E-state index contributed by atoms with van der Waals surface area (Å²) in [4.78, 5) is 9.99. The third-order valence-electron chi connectivity index (χ3n) is 2.30. The molecule has 0 N–H and O–H groups in total. The Morgan fingerprint density at radius 3 is 2.53 bits per heavy atom. The summed E-state index contributed by atoms with van der Waals surface area (Å²) in [7, 11) is 0. The fraction of sp³-hybridized carbons (Fsp3) is 0.100. The number of hydrogen-bond donors (Lipinski definition) is 0. The van der Waals surface area contributed by atoms with E-state index in [0.717, 1.165) is 16.8 Å². The number of aromatic nitrogens is 2. The van der Waals surface area contributed by atoms with Gasteiger partial charge in [0.05, 0.1) is 21.2 Å². The average molecular weight is 336 g/mol. The smallest absolute Gasteiger partial charge is 0.258 e. The van der Waals surface area contributed by atoms with Gasteiger partial charge in [-0.15, -0.1) is 0 Å². The number of halogens is 4. The maximum atomic E-state index is 12.5. The molecule has 5 nitrogen and oxygen atoms in total. The molecule has 2 rings (SSSR count). The maximum absolute atomic E-state index is 12.5. The summed E-state index contributed by atoms with van der Waals surface area (Å²) in [5, 5.41) is 14.7. The van der Waals surface area contributed by atoms with Gasteiger partial charge in [0.2, 0.25) is 0 Å². The Labute approximate surface area is 112 Å². The summed E-state index contributed by atoms with van der Waals surface area (Å²) in [6.07, 6.45) is -1.84. The zero-order valence-electron chi connectivity index (χ0n) is 9.06. The molecule has 0 atom stereocenters. The predicted molar refractivity (Wildman–Crippen MR) is 62.9 cm³/mol. The lowest BCUT2D eigenvalue weighted by Crippen LogP contribution is -2.08. The molecule has 0 bridgehead atoms. The van der Waals surface area contributed by atoms with Crippen LogP contribution in [0, 0.1) is 10.1 Å². The van der Waals surface area contributed by atoms with E-state index in [4.69, 9.17) is 0 Å². The van der Waals surface area contributed by atoms with Gasteiger partial charge >= 0.3 is 6.18 Å². The summed E-state index contributed by atoms with van der Waals surface area (Å²) in [5.74, 6) is 0. The average Bonchev–Trinajstić information content (AvgIpc) is 2.73. The van der Waals surface area contributed by atoms with E-state index in [-0.39, 0.29) is 5.69 Å². The molecular weight excluding hydrogens is 331 g/mol. The van der Waals surface area contributed by atoms with Crippen molar-refractivity contribution >= 4 is 21.6 Å². The molecule has 0 radical (unpaired) electrons. The van der Waals surface area contributed by atoms with Gasteiger partial charge in [0.25, 0.3) is 5.69 Å². The Morgan fingerprint density at radius 2 is 2.05 bits per heavy atom. The van der Waals surface area contributed by atoms with Gasteiger partial charge in [0, 0.05) is 12.3 Å². The molecular formula is C10H5BrF3N3O2. The lowest BCUT2D eigenvalue weighted by Gasteiger charge is -2.08. The van der Waals surface area contributed by atoms with Crippen LogP contribution >= 0.6 is 15.9 Å². The Balaban J connectivity index is 2.60. The molecule has 19 heavy (non-hydrogen) atoms. The van der Waals surface area contributed by atoms with E-state index in [1.165, 1.54) is 12.4 Å². The topological polar surface area (TPSA) is 61.0 Å². The molecule has 2 aromatic rings. The van der Waals surface area contributed by atoms with Crippen LogP contribution in [-0.4, -0.2) is 14.7 Å². The highest BCUT2D eigenvalue weighted by atomic mass is 79.9. The van der Waals surface area contributed by atoms with E-state index >= 15 is 0 Å². The molecule has 1 aromatic carbocycles. The molecule has 0 spiro atoms. The van der Waals surface area contributed by atoms with Crippen LogP contribution in [0.15, 0.2) is 35.1 Å². The van der Waals surface area contributed by atoms with Crippen molar-refractivity contribution in [2.24, 2.45) is 0 Å². The van der Waals surface area contributed by atoms with E-state index in [1.807, 2.05) is 0 Å². The van der Waals surface area contributed by atoms with Gasteiger partial charge in [-0.3, -0.25) is 10.1 Å². The fourth-order valence-corrected chi connectivity index (χ4v) is 1.76. The van der Waals surface area contributed by atoms with Crippen molar-refractivity contribution in [2.75, 3.05) is 0 Å². The SMILES string of the molecule is O=[N+]([O-])c1cc(C(F)(F)F)ccc1-n1cc(Br)cn1. The number of nitro groups is 1. The molecule has 0 aliphatic carbocycles. The summed E-state index contributed by atoms with van der Waals surface area (Å²) in [6, 6.07) is 2.28. The van der Waals surface area contributed by atoms with Crippen molar-refractivity contribution in [2.45, 2.75) is 6.18 Å². The second-order valence-corrected chi connectivity index (χ2v) is 4.48. The first-order valence-corrected chi connectivity index (χ1v) is 5.64. The van der Waals surface area contributed by atoms with Crippen LogP contribution in [-0.2, 0) is 6.18 Å². The van der Waals surface area contributed by atoms with E-state index in [9.17, 15) is 23.3 Å². The highest BCUT2D eigenvalue weighted by molar-refractivity contribution is 9.10. The molecule has 0 amide bonds. The molecule has 1 heterocycles. The van der Waals surface area contributed by atoms with Crippen LogP contribution in [0.2, 0.25) is 0 Å². The number of nitrogens with zero attached hydrogens (tertiary/aromatic N) is 3. The van der Waals surface area contributed by atoms with E-state index in [1.54, 1.807) is 0 Å². The molecule has 0 aliphatic rings. The summed E-state index contributed by atoms with van der Waals surface area (Å²) in [5.41, 5.74) is -1.77. The zero-order valence-corrected chi connectivity index (χ0v) is 10.6. The minimum absolute atomic E-state index is 0.0382. The monoisotopic (exact) mass is 335 g/mol. The molecule has 0 saturated heterocycles. The van der Waals surface area contributed by atoms with Gasteiger partial charge in [-0.1, -0.05) is 0 Å². The first kappa shape index (κ1) is 13.5. The van der Waals surface area contributed by atoms with Gasteiger partial charge in [-0.05, 0) is 28.1 Å². The molecule has 100 valence electrons. The lowest BCUT2D eigenvalue weighted by atomic mass is 10.1. The number of alkyl halides is 3. The van der Waals surface area contributed by atoms with Crippen molar-refractivity contribution < 1.29 is 18.1 Å². The predicted octanol–water partition coefficient (Wildman–Crippen LogP) is 3.56. The standard InChI is InChI=1S/C10H5BrF3N3O2/c11-7-4-15-16(5-7)8-2-1-6(10(12,13)14)3-9(8)17(18)19/h1-5H. The van der Waals surface area contributed by atoms with Crippen molar-refractivity contribution in [1.82, 2.24) is 9.78 Å². The third kappa shape index (κ3) is 2.75. The van der Waals surface area contributed by atoms with E-state index < -0.39 is 22.4 Å². The normalized spacial score (nSPS) is 11.6. The number of rotatable bonds is 2. The van der Waals surface area contributed by atoms with Crippen LogP contribution in [0.3, 0.4) is 0 Å². The van der Waals surface area contributed by atoms with E-state index in [0.29, 0.717) is 10.5 Å². The van der Waals surface area contributed by atoms with Gasteiger partial charge in [0.15, 0.2) is 0 Å². The molecule has 1 aromatic heterocycles. The summed E-state index contributed by atoms with van der Waals surface area (Å²) < 4.78 is 39.2. The zero-order chi connectivity index (χ0) is 14.2. The Morgan fingerprint density at radius 1 is 1.37 bits per heavy atom. The Bertz CT molecular complexity index is 639. The van der Waals surface area contributed by atoms with Crippen LogP contribution in [0.5, 0.6) is 0 Å². The highest BCUT2D eigenvalue weighted by Crippen LogP contribution is 2.34. The molecule has 9 heteroatoms. The minimum Gasteiger partial charge on any atom is -0.258 e. The van der Waals surface area contributed by atoms with Crippen LogP contribution in [0.25, 0.3) is 5.69 Å². The van der Waals surface area contributed by atoms with Crippen molar-refractivity contribution in [3.05, 3.63) is 50.7 Å². The van der Waals surface area contributed by atoms with Gasteiger partial charge in [-0.2, -0.15) is 18.3 Å². The largest absolute Gasteiger partial charge is 0.416 e. The highest BCUT2D eigenvalue weighted by Gasteiger charge is 2.33. The van der Waals surface area contributed by atoms with Gasteiger partial charge in [0.1, 0.15) is 5.69 Å². The van der Waals surface area contributed by atoms with Crippen LogP contribution in [0.1, 0.15) is 5.56 Å². The summed E-state index contributed by atoms with van der Waals surface area (Å²) in [6.45, 7) is 0. The van der Waals surface area contributed by atoms with Gasteiger partial charge in [-0.25, -0.2) is 4.68 Å². The summed E-state index contributed by atoms with van der Waals surface area (Å²) >= 11 is 3.10. The van der Waals surface area contributed by atoms with Crippen LogP contribution < -0.4 is 0 Å². The second-order valence-electron chi connectivity index (χ2n) is 3.56. The van der Waals surface area contributed by atoms with Crippen molar-refractivity contribution in [1.29, 1.82) is 0 Å². The third-order valence-corrected chi connectivity index (χ3v) is 2.71. The molecule has 0 unspecified atom stereocenters. The van der Waals surface area contributed by atoms with Crippen molar-refractivity contribution in [3.8, 4) is 5.69 Å². The van der Waals surface area contributed by atoms with E-state index in [2.05, 4.69) is 21.0 Å². The van der Waals surface area contributed by atoms with Gasteiger partial charge < -0.3 is 0 Å².